The van der Waals surface area contributed by atoms with Gasteiger partial charge in [-0.3, -0.25) is 0 Å². The summed E-state index contributed by atoms with van der Waals surface area (Å²) in [6, 6.07) is 0. The molecule has 0 N–H and O–H groups in total. The maximum absolute atomic E-state index is 4.10. The third-order valence-electron chi connectivity index (χ3n) is 11.5. The van der Waals surface area contributed by atoms with Gasteiger partial charge in [-0.2, -0.15) is 0 Å². The summed E-state index contributed by atoms with van der Waals surface area (Å²) in [6.45, 7) is 17.3. The monoisotopic (exact) mass is 460 g/mol. The van der Waals surface area contributed by atoms with Gasteiger partial charge in [0.1, 0.15) is 0 Å². The van der Waals surface area contributed by atoms with Crippen LogP contribution in [0, 0.1) is 52.3 Å². The van der Waals surface area contributed by atoms with E-state index in [1.165, 1.54) is 87.2 Å². The highest BCUT2D eigenvalue weighted by Crippen LogP contribution is 2.69. The lowest BCUT2D eigenvalue weighted by Crippen LogP contribution is -2.07. The zero-order valence-electron chi connectivity index (χ0n) is 22.9. The molecule has 0 saturated heterocycles. The molecule has 0 aromatic carbocycles. The summed E-state index contributed by atoms with van der Waals surface area (Å²) >= 11 is 0. The summed E-state index contributed by atoms with van der Waals surface area (Å²) < 4.78 is 0. The van der Waals surface area contributed by atoms with Gasteiger partial charge in [0.15, 0.2) is 0 Å². The molecule has 0 radical (unpaired) electrons. The van der Waals surface area contributed by atoms with Gasteiger partial charge in [0.2, 0.25) is 0 Å². The molecule has 0 aromatic rings. The predicted octanol–water partition coefficient (Wildman–Crippen LogP) is 10.1. The molecule has 8 aliphatic carbocycles. The molecule has 6 saturated carbocycles. The van der Waals surface area contributed by atoms with Gasteiger partial charge in [-0.1, -0.05) is 87.6 Å². The quantitative estimate of drug-likeness (QED) is 0.359. The fraction of sp³-hybridized carbons (Fsp3) is 0.765. The van der Waals surface area contributed by atoms with Crippen molar-refractivity contribution in [2.24, 2.45) is 52.3 Å². The minimum Gasteiger partial charge on any atom is -0.0996 e. The van der Waals surface area contributed by atoms with E-state index in [1.807, 2.05) is 0 Å². The van der Waals surface area contributed by atoms with E-state index in [9.17, 15) is 0 Å². The molecule has 0 amide bonds. The van der Waals surface area contributed by atoms with Gasteiger partial charge in [-0.25, -0.2) is 0 Å². The smallest absolute Gasteiger partial charge is 0.00126 e. The van der Waals surface area contributed by atoms with Crippen LogP contribution in [0.3, 0.4) is 0 Å². The third kappa shape index (κ3) is 4.95. The average Bonchev–Trinajstić information content (AvgIpc) is 3.71. The third-order valence-corrected chi connectivity index (χ3v) is 11.5. The number of rotatable bonds is 2. The Kier molecular flexibility index (Phi) is 6.84. The molecule has 188 valence electrons. The Morgan fingerprint density at radius 3 is 2.06 bits per heavy atom. The topological polar surface area (TPSA) is 0 Å². The van der Waals surface area contributed by atoms with Gasteiger partial charge in [-0.15, -0.1) is 0 Å². The van der Waals surface area contributed by atoms with Gasteiger partial charge in [-0.05, 0) is 118 Å². The Morgan fingerprint density at radius 1 is 1.00 bits per heavy atom. The maximum atomic E-state index is 4.10. The fourth-order valence-electron chi connectivity index (χ4n) is 8.15. The zero-order chi connectivity index (χ0) is 24.1. The summed E-state index contributed by atoms with van der Waals surface area (Å²) in [5.74, 6) is 7.23. The molecule has 0 aromatic heterocycles. The molecule has 34 heavy (non-hydrogen) atoms. The SMILES string of the molecule is C1=CC2CC2CC1.C1CCC2CC2C1.C=C(C)C12CC=C(C)C1C2.C=C1CCC2(C(C)C)CC12. The molecular weight excluding hydrogens is 408 g/mol. The molecular formula is C34H52. The Balaban J connectivity index is 0.0000000956. The van der Waals surface area contributed by atoms with Crippen LogP contribution in [0.4, 0.5) is 0 Å². The molecule has 0 spiro atoms. The van der Waals surface area contributed by atoms with E-state index in [0.29, 0.717) is 5.41 Å². The van der Waals surface area contributed by atoms with E-state index in [4.69, 9.17) is 0 Å². The van der Waals surface area contributed by atoms with Crippen LogP contribution in [0.25, 0.3) is 0 Å². The first-order valence-electron chi connectivity index (χ1n) is 14.9. The lowest BCUT2D eigenvalue weighted by atomic mass is 9.90. The van der Waals surface area contributed by atoms with Crippen LogP contribution in [0.2, 0.25) is 0 Å². The lowest BCUT2D eigenvalue weighted by Gasteiger charge is -2.15. The van der Waals surface area contributed by atoms with E-state index >= 15 is 0 Å². The van der Waals surface area contributed by atoms with Crippen LogP contribution in [0.1, 0.15) is 111 Å². The fourth-order valence-corrected chi connectivity index (χ4v) is 8.15. The van der Waals surface area contributed by atoms with Crippen LogP contribution in [0.5, 0.6) is 0 Å². The van der Waals surface area contributed by atoms with Crippen molar-refractivity contribution in [1.82, 2.24) is 0 Å². The first-order valence-corrected chi connectivity index (χ1v) is 14.9. The first kappa shape index (κ1) is 24.6. The van der Waals surface area contributed by atoms with Crippen LogP contribution < -0.4 is 0 Å². The van der Waals surface area contributed by atoms with Crippen molar-refractivity contribution in [1.29, 1.82) is 0 Å². The van der Waals surface area contributed by atoms with Crippen molar-refractivity contribution in [2.75, 3.05) is 0 Å². The van der Waals surface area contributed by atoms with Crippen molar-refractivity contribution >= 4 is 0 Å². The Hall–Kier alpha value is -1.04. The minimum atomic E-state index is 0.546. The molecule has 8 rings (SSSR count). The summed E-state index contributed by atoms with van der Waals surface area (Å²) in [7, 11) is 0. The molecule has 0 nitrogen and oxygen atoms in total. The van der Waals surface area contributed by atoms with Crippen molar-refractivity contribution in [3.05, 3.63) is 48.1 Å². The Labute approximate surface area is 211 Å². The number of allylic oxidation sites excluding steroid dienone is 6. The maximum Gasteiger partial charge on any atom is 0.00126 e. The average molecular weight is 461 g/mol. The summed E-state index contributed by atoms with van der Waals surface area (Å²) in [5.41, 5.74) is 5.81. The summed E-state index contributed by atoms with van der Waals surface area (Å²) in [4.78, 5) is 0. The predicted molar refractivity (Wildman–Crippen MR) is 148 cm³/mol. The molecule has 8 aliphatic rings. The number of hydrogen-bond donors (Lipinski definition) is 0. The van der Waals surface area contributed by atoms with Gasteiger partial charge in [0.05, 0.1) is 0 Å². The second-order valence-corrected chi connectivity index (χ2v) is 13.9. The van der Waals surface area contributed by atoms with Crippen molar-refractivity contribution in [3.63, 3.8) is 0 Å². The van der Waals surface area contributed by atoms with E-state index in [0.717, 1.165) is 35.0 Å². The number of hydrogen-bond acceptors (Lipinski definition) is 0. The lowest BCUT2D eigenvalue weighted by molar-refractivity contribution is 0.344. The molecule has 0 heterocycles. The first-order chi connectivity index (χ1) is 16.3. The van der Waals surface area contributed by atoms with Crippen LogP contribution in [-0.2, 0) is 0 Å². The van der Waals surface area contributed by atoms with Crippen LogP contribution in [0.15, 0.2) is 48.1 Å². The van der Waals surface area contributed by atoms with Gasteiger partial charge in [0.25, 0.3) is 0 Å². The van der Waals surface area contributed by atoms with Gasteiger partial charge in [0, 0.05) is 5.41 Å². The van der Waals surface area contributed by atoms with Gasteiger partial charge < -0.3 is 0 Å². The molecule has 0 heteroatoms. The number of fused-ring (bicyclic) bond motifs is 4. The Morgan fingerprint density at radius 2 is 1.74 bits per heavy atom. The van der Waals surface area contributed by atoms with Crippen LogP contribution >= 0.6 is 0 Å². The van der Waals surface area contributed by atoms with E-state index < -0.39 is 0 Å². The van der Waals surface area contributed by atoms with Crippen molar-refractivity contribution in [2.45, 2.75) is 111 Å². The Bertz CT molecular complexity index is 843. The van der Waals surface area contributed by atoms with Crippen molar-refractivity contribution < 1.29 is 0 Å². The second-order valence-electron chi connectivity index (χ2n) is 13.9. The summed E-state index contributed by atoms with van der Waals surface area (Å²) in [5, 5.41) is 0. The summed E-state index contributed by atoms with van der Waals surface area (Å²) in [6.07, 6.45) is 26.0. The normalized spacial score (nSPS) is 44.9. The van der Waals surface area contributed by atoms with Gasteiger partial charge >= 0.3 is 0 Å². The standard InChI is InChI=1S/C10H16.C10H14.C7H12.C7H10/c2*1-7(2)10-5-4-8(3)9(10)6-10;2*1-2-4-7-5-6(7)3-1/h7,9H,3-6H2,1-2H3;4,9H,1,5-6H2,2-3H3;6-7H,1-5H2;1,3,6-7H,2,4-5H2. The van der Waals surface area contributed by atoms with Crippen LogP contribution in [-0.4, -0.2) is 0 Å². The second kappa shape index (κ2) is 9.44. The van der Waals surface area contributed by atoms with E-state index in [-0.39, 0.29) is 0 Å². The van der Waals surface area contributed by atoms with E-state index in [1.54, 1.807) is 24.8 Å². The largest absolute Gasteiger partial charge is 0.0996 e. The molecule has 6 fully saturated rings. The minimum absolute atomic E-state index is 0.546. The highest BCUT2D eigenvalue weighted by Gasteiger charge is 2.60. The molecule has 0 aliphatic heterocycles. The molecule has 8 unspecified atom stereocenters. The molecule has 0 bridgehead atoms. The zero-order valence-corrected chi connectivity index (χ0v) is 22.9. The molecule has 8 atom stereocenters. The highest BCUT2D eigenvalue weighted by atomic mass is 14.6. The highest BCUT2D eigenvalue weighted by molar-refractivity contribution is 5.36. The van der Waals surface area contributed by atoms with Crippen molar-refractivity contribution in [3.8, 4) is 0 Å². The van der Waals surface area contributed by atoms with E-state index in [2.05, 4.69) is 59.1 Å².